The van der Waals surface area contributed by atoms with Crippen molar-refractivity contribution in [3.05, 3.63) is 34.4 Å². The second kappa shape index (κ2) is 5.69. The van der Waals surface area contributed by atoms with Gasteiger partial charge in [-0.15, -0.1) is 0 Å². The monoisotopic (exact) mass is 339 g/mol. The third-order valence-electron chi connectivity index (χ3n) is 2.46. The molecular formula is C11H4F9O2. The maximum Gasteiger partial charge on any atom is 0.417 e. The molecule has 0 spiro atoms. The molecule has 0 aromatic heterocycles. The number of rotatable bonds is 3. The average Bonchev–Trinajstić information content (AvgIpc) is 2.31. The molecule has 1 aromatic rings. The van der Waals surface area contributed by atoms with Crippen LogP contribution in [0, 0.1) is 0 Å². The summed E-state index contributed by atoms with van der Waals surface area (Å²) >= 11 is 0. The summed E-state index contributed by atoms with van der Waals surface area (Å²) in [5, 5.41) is 0. The Morgan fingerprint density at radius 2 is 1.23 bits per heavy atom. The van der Waals surface area contributed by atoms with Crippen LogP contribution in [0.3, 0.4) is 0 Å². The van der Waals surface area contributed by atoms with Gasteiger partial charge in [0, 0.05) is 5.56 Å². The molecule has 1 rings (SSSR count). The van der Waals surface area contributed by atoms with Crippen LogP contribution in [0.15, 0.2) is 12.1 Å². The Balaban J connectivity index is 3.73. The lowest BCUT2D eigenvalue weighted by Gasteiger charge is -2.20. The number of hydrogen-bond acceptors (Lipinski definition) is 2. The third kappa shape index (κ3) is 4.04. The normalized spacial score (nSPS) is 13.1. The van der Waals surface area contributed by atoms with Crippen LogP contribution in [0.25, 0.3) is 0 Å². The van der Waals surface area contributed by atoms with Gasteiger partial charge in [0.05, 0.1) is 16.7 Å². The summed E-state index contributed by atoms with van der Waals surface area (Å²) in [5.74, 6) is 0. The van der Waals surface area contributed by atoms with Crippen LogP contribution in [0.4, 0.5) is 39.5 Å². The maximum absolute atomic E-state index is 12.7. The van der Waals surface area contributed by atoms with Crippen molar-refractivity contribution < 1.29 is 49.0 Å². The molecule has 0 bridgehead atoms. The Morgan fingerprint density at radius 1 is 0.818 bits per heavy atom. The molecule has 0 amide bonds. The van der Waals surface area contributed by atoms with Crippen molar-refractivity contribution in [1.29, 1.82) is 0 Å². The van der Waals surface area contributed by atoms with E-state index in [1.807, 2.05) is 0 Å². The Labute approximate surface area is 116 Å². The topological polar surface area (TPSA) is 26.3 Å². The molecule has 0 unspecified atom stereocenters. The summed E-state index contributed by atoms with van der Waals surface area (Å²) in [5.41, 5.74) is -8.13. The van der Waals surface area contributed by atoms with Crippen molar-refractivity contribution in [1.82, 2.24) is 0 Å². The first kappa shape index (κ1) is 18.1. The fourth-order valence-corrected chi connectivity index (χ4v) is 1.60. The Bertz CT molecular complexity index is 519. The van der Waals surface area contributed by atoms with Gasteiger partial charge in [-0.3, -0.25) is 0 Å². The van der Waals surface area contributed by atoms with Crippen molar-refractivity contribution >= 4 is 6.47 Å². The van der Waals surface area contributed by atoms with Crippen molar-refractivity contribution in [2.24, 2.45) is 0 Å². The van der Waals surface area contributed by atoms with Crippen LogP contribution in [0.2, 0.25) is 0 Å². The minimum Gasteiger partial charge on any atom is -0.452 e. The average molecular weight is 339 g/mol. The lowest BCUT2D eigenvalue weighted by Crippen LogP contribution is -2.20. The SMILES string of the molecule is O=[C]OCc1c(C(F)(F)F)cc(C(F)(F)F)cc1C(F)(F)F. The molecule has 0 heterocycles. The first-order chi connectivity index (χ1) is 9.78. The van der Waals surface area contributed by atoms with Gasteiger partial charge in [-0.25, -0.2) is 4.79 Å². The van der Waals surface area contributed by atoms with Gasteiger partial charge in [0.15, 0.2) is 0 Å². The predicted octanol–water partition coefficient (Wildman–Crippen LogP) is 4.33. The highest BCUT2D eigenvalue weighted by Gasteiger charge is 2.44. The molecule has 0 saturated carbocycles. The molecule has 2 nitrogen and oxygen atoms in total. The van der Waals surface area contributed by atoms with Crippen LogP contribution in [-0.2, 0) is 34.7 Å². The van der Waals surface area contributed by atoms with E-state index in [0.717, 1.165) is 0 Å². The molecule has 1 radical (unpaired) electrons. The smallest absolute Gasteiger partial charge is 0.417 e. The van der Waals surface area contributed by atoms with Gasteiger partial charge in [-0.2, -0.15) is 39.5 Å². The molecule has 11 heteroatoms. The van der Waals surface area contributed by atoms with Gasteiger partial charge in [0.1, 0.15) is 6.61 Å². The van der Waals surface area contributed by atoms with E-state index in [2.05, 4.69) is 4.74 Å². The quantitative estimate of drug-likeness (QED) is 0.767. The van der Waals surface area contributed by atoms with E-state index < -0.39 is 59.5 Å². The lowest BCUT2D eigenvalue weighted by atomic mass is 9.96. The van der Waals surface area contributed by atoms with E-state index in [1.165, 1.54) is 0 Å². The predicted molar refractivity (Wildman–Crippen MR) is 51.9 cm³/mol. The van der Waals surface area contributed by atoms with Crippen LogP contribution >= 0.6 is 0 Å². The molecule has 0 aliphatic carbocycles. The van der Waals surface area contributed by atoms with Crippen LogP contribution in [0.5, 0.6) is 0 Å². The lowest BCUT2D eigenvalue weighted by molar-refractivity contribution is -0.150. The minimum atomic E-state index is -5.51. The fourth-order valence-electron chi connectivity index (χ4n) is 1.60. The highest BCUT2D eigenvalue weighted by molar-refractivity contribution is 5.45. The zero-order chi connectivity index (χ0) is 17.3. The number of benzene rings is 1. The van der Waals surface area contributed by atoms with Gasteiger partial charge in [-0.05, 0) is 12.1 Å². The highest BCUT2D eigenvalue weighted by Crippen LogP contribution is 2.43. The first-order valence-corrected chi connectivity index (χ1v) is 5.16. The summed E-state index contributed by atoms with van der Waals surface area (Å²) in [6.45, 7) is -0.911. The summed E-state index contributed by atoms with van der Waals surface area (Å²) in [4.78, 5) is 9.84. The summed E-state index contributed by atoms with van der Waals surface area (Å²) < 4.78 is 118. The first-order valence-electron chi connectivity index (χ1n) is 5.16. The summed E-state index contributed by atoms with van der Waals surface area (Å²) in [6, 6.07) is -0.947. The molecule has 0 N–H and O–H groups in total. The Hall–Kier alpha value is -1.94. The summed E-state index contributed by atoms with van der Waals surface area (Å²) in [7, 11) is 0. The number of hydrogen-bond donors (Lipinski definition) is 0. The number of alkyl halides is 9. The molecule has 0 fully saturated rings. The number of carbonyl (C=O) groups excluding carboxylic acids is 1. The maximum atomic E-state index is 12.7. The van der Waals surface area contributed by atoms with Crippen LogP contribution < -0.4 is 0 Å². The molecule has 1 aromatic carbocycles. The van der Waals surface area contributed by atoms with Crippen molar-refractivity contribution in [2.45, 2.75) is 25.1 Å². The van der Waals surface area contributed by atoms with Crippen LogP contribution in [-0.4, -0.2) is 6.47 Å². The Morgan fingerprint density at radius 3 is 1.50 bits per heavy atom. The number of halogens is 9. The number of ether oxygens (including phenoxy) is 1. The van der Waals surface area contributed by atoms with Gasteiger partial charge >= 0.3 is 25.0 Å². The molecule has 0 atom stereocenters. The van der Waals surface area contributed by atoms with E-state index in [9.17, 15) is 44.3 Å². The van der Waals surface area contributed by atoms with E-state index in [4.69, 9.17) is 0 Å². The zero-order valence-corrected chi connectivity index (χ0v) is 10.1. The standard InChI is InChI=1S/C11H4F9O2/c12-9(13,14)5-1-7(10(15,16)17)6(3-22-4-21)8(2-5)11(18,19)20/h1-2H,3H2. The molecule has 0 aliphatic rings. The van der Waals surface area contributed by atoms with Crippen molar-refractivity contribution in [3.63, 3.8) is 0 Å². The van der Waals surface area contributed by atoms with E-state index >= 15 is 0 Å². The van der Waals surface area contributed by atoms with Crippen molar-refractivity contribution in [2.75, 3.05) is 0 Å². The van der Waals surface area contributed by atoms with Gasteiger partial charge in [0.25, 0.3) is 0 Å². The minimum absolute atomic E-state index is 0.473. The van der Waals surface area contributed by atoms with E-state index in [-0.39, 0.29) is 0 Å². The van der Waals surface area contributed by atoms with E-state index in [1.54, 1.807) is 0 Å². The van der Waals surface area contributed by atoms with Crippen molar-refractivity contribution in [3.8, 4) is 0 Å². The van der Waals surface area contributed by atoms with Gasteiger partial charge < -0.3 is 4.74 Å². The van der Waals surface area contributed by atoms with Crippen LogP contribution in [0.1, 0.15) is 22.3 Å². The second-order valence-corrected chi connectivity index (χ2v) is 3.92. The Kier molecular flexibility index (Phi) is 4.68. The largest absolute Gasteiger partial charge is 0.452 e. The zero-order valence-electron chi connectivity index (χ0n) is 10.1. The molecular weight excluding hydrogens is 335 g/mol. The fraction of sp³-hybridized carbons (Fsp3) is 0.364. The molecule has 123 valence electrons. The van der Waals surface area contributed by atoms with Gasteiger partial charge in [-0.1, -0.05) is 0 Å². The molecule has 22 heavy (non-hydrogen) atoms. The second-order valence-electron chi connectivity index (χ2n) is 3.92. The van der Waals surface area contributed by atoms with E-state index in [0.29, 0.717) is 6.47 Å². The third-order valence-corrected chi connectivity index (χ3v) is 2.46. The molecule has 0 aliphatic heterocycles. The summed E-state index contributed by atoms with van der Waals surface area (Å²) in [6.07, 6.45) is -16.4. The molecule has 0 saturated heterocycles. The van der Waals surface area contributed by atoms with Gasteiger partial charge in [0.2, 0.25) is 0 Å². The highest BCUT2D eigenvalue weighted by atomic mass is 19.4.